The molecule has 120 valence electrons. The van der Waals surface area contributed by atoms with Crippen LogP contribution in [-0.2, 0) is 9.63 Å². The fourth-order valence-electron chi connectivity index (χ4n) is 3.69. The summed E-state index contributed by atoms with van der Waals surface area (Å²) < 4.78 is 0.00796. The van der Waals surface area contributed by atoms with Gasteiger partial charge in [-0.05, 0) is 17.5 Å². The van der Waals surface area contributed by atoms with E-state index in [1.165, 1.54) is 22.3 Å². The molecule has 3 nitrogen and oxygen atoms in total. The predicted molar refractivity (Wildman–Crippen MR) is 91.4 cm³/mol. The van der Waals surface area contributed by atoms with E-state index in [-0.39, 0.29) is 10.7 Å². The molecule has 2 aromatic carbocycles. The van der Waals surface area contributed by atoms with E-state index in [1.807, 2.05) is 12.1 Å². The monoisotopic (exact) mass is 310 g/mol. The van der Waals surface area contributed by atoms with Gasteiger partial charge in [0.2, 0.25) is 0 Å². The maximum absolute atomic E-state index is 12.1. The first-order chi connectivity index (χ1) is 11.3. The largest absolute Gasteiger partial charge is 0.334 e. The third-order valence-electron chi connectivity index (χ3n) is 4.87. The number of fused-ring (bicyclic) bond motifs is 3. The van der Waals surface area contributed by atoms with E-state index in [0.717, 1.165) is 25.7 Å². The molecule has 2 aromatic rings. The van der Waals surface area contributed by atoms with Crippen LogP contribution in [0.4, 0.5) is 0 Å². The molecule has 3 heteroatoms. The van der Waals surface area contributed by atoms with Gasteiger partial charge in [-0.1, -0.05) is 61.9 Å². The summed E-state index contributed by atoms with van der Waals surface area (Å²) in [6.07, 6.45) is 4.18. The molecule has 3 rings (SSSR count). The van der Waals surface area contributed by atoms with Gasteiger partial charge in [-0.25, -0.2) is 4.79 Å². The van der Waals surface area contributed by atoms with Gasteiger partial charge in [0.15, 0.2) is 6.04 Å². The highest BCUT2D eigenvalue weighted by atomic mass is 16.7. The van der Waals surface area contributed by atoms with Crippen molar-refractivity contribution >= 4 is 6.41 Å². The maximum atomic E-state index is 12.1. The van der Waals surface area contributed by atoms with E-state index in [0.29, 0.717) is 6.54 Å². The van der Waals surface area contributed by atoms with Gasteiger partial charge in [0.1, 0.15) is 6.54 Å². The third-order valence-corrected chi connectivity index (χ3v) is 4.87. The lowest BCUT2D eigenvalue weighted by Gasteiger charge is -2.34. The highest BCUT2D eigenvalue weighted by molar-refractivity contribution is 5.78. The Hall–Kier alpha value is -1.97. The van der Waals surface area contributed by atoms with E-state index in [1.54, 1.807) is 7.11 Å². The summed E-state index contributed by atoms with van der Waals surface area (Å²) in [4.78, 5) is 17.9. The fourth-order valence-corrected chi connectivity index (χ4v) is 3.69. The van der Waals surface area contributed by atoms with Crippen molar-refractivity contribution in [2.45, 2.75) is 32.2 Å². The van der Waals surface area contributed by atoms with Gasteiger partial charge < -0.3 is 0 Å². The lowest BCUT2D eigenvalue weighted by molar-refractivity contribution is -1.05. The molecular weight excluding hydrogens is 286 g/mol. The maximum Gasteiger partial charge on any atom is 0.334 e. The van der Waals surface area contributed by atoms with E-state index in [4.69, 9.17) is 4.84 Å². The molecule has 1 aliphatic carbocycles. The van der Waals surface area contributed by atoms with Crippen LogP contribution < -0.4 is 0 Å². The smallest absolute Gasteiger partial charge is 0.230 e. The first kappa shape index (κ1) is 15.9. The zero-order chi connectivity index (χ0) is 16.3. The summed E-state index contributed by atoms with van der Waals surface area (Å²) in [5, 5.41) is 0. The Morgan fingerprint density at radius 2 is 1.57 bits per heavy atom. The van der Waals surface area contributed by atoms with Gasteiger partial charge in [0.25, 0.3) is 0 Å². The second kappa shape index (κ2) is 6.65. The standard InChI is InChI=1S/C20H24NO2/c1-3-4-9-14-21(15-22,23-2)20-18-12-7-5-10-16(18)17-11-6-8-13-19(17)20/h5-8,10-13,15,20H,3-4,9,14H2,1-2H3/q+1. The first-order valence-corrected chi connectivity index (χ1v) is 8.35. The summed E-state index contributed by atoms with van der Waals surface area (Å²) in [6.45, 7) is 2.86. The van der Waals surface area contributed by atoms with Crippen molar-refractivity contribution in [3.63, 3.8) is 0 Å². The summed E-state index contributed by atoms with van der Waals surface area (Å²) in [7, 11) is 1.64. The number of benzene rings is 2. The second-order valence-corrected chi connectivity index (χ2v) is 6.15. The molecule has 0 aromatic heterocycles. The minimum absolute atomic E-state index is 0.00796. The van der Waals surface area contributed by atoms with Crippen LogP contribution in [0.5, 0.6) is 0 Å². The highest BCUT2D eigenvalue weighted by Crippen LogP contribution is 2.48. The summed E-state index contributed by atoms with van der Waals surface area (Å²) >= 11 is 0. The summed E-state index contributed by atoms with van der Waals surface area (Å²) in [5.74, 6) is 0. The molecule has 23 heavy (non-hydrogen) atoms. The number of carbonyl (C=O) groups is 1. The van der Waals surface area contributed by atoms with Crippen LogP contribution in [0.15, 0.2) is 48.5 Å². The average molecular weight is 310 g/mol. The predicted octanol–water partition coefficient (Wildman–Crippen LogP) is 4.48. The third kappa shape index (κ3) is 2.60. The van der Waals surface area contributed by atoms with Crippen molar-refractivity contribution in [2.24, 2.45) is 0 Å². The Morgan fingerprint density at radius 1 is 1.00 bits per heavy atom. The van der Waals surface area contributed by atoms with Gasteiger partial charge in [0, 0.05) is 17.5 Å². The normalized spacial score (nSPS) is 15.7. The van der Waals surface area contributed by atoms with Crippen molar-refractivity contribution in [1.82, 2.24) is 0 Å². The molecule has 1 unspecified atom stereocenters. The number of amides is 1. The Bertz CT molecular complexity index is 652. The van der Waals surface area contributed by atoms with Gasteiger partial charge in [-0.2, -0.15) is 4.84 Å². The van der Waals surface area contributed by atoms with Crippen molar-refractivity contribution < 1.29 is 14.3 Å². The number of unbranched alkanes of at least 4 members (excludes halogenated alkanes) is 2. The van der Waals surface area contributed by atoms with E-state index < -0.39 is 0 Å². The minimum atomic E-state index is -0.0817. The number of carbonyl (C=O) groups excluding carboxylic acids is 1. The molecular formula is C20H24NO2+. The SMILES string of the molecule is CCCCC[N+](C=O)(OC)C1c2ccccc2-c2ccccc21. The van der Waals surface area contributed by atoms with Crippen LogP contribution >= 0.6 is 0 Å². The minimum Gasteiger partial charge on any atom is -0.230 e. The molecule has 0 N–H and O–H groups in total. The Morgan fingerprint density at radius 3 is 2.04 bits per heavy atom. The molecule has 1 atom stereocenters. The van der Waals surface area contributed by atoms with Crippen molar-refractivity contribution in [3.05, 3.63) is 59.7 Å². The van der Waals surface area contributed by atoms with Crippen molar-refractivity contribution in [3.8, 4) is 11.1 Å². The molecule has 0 saturated heterocycles. The summed E-state index contributed by atoms with van der Waals surface area (Å²) in [5.41, 5.74) is 4.79. The molecule has 0 fully saturated rings. The van der Waals surface area contributed by atoms with Crippen LogP contribution in [0.3, 0.4) is 0 Å². The quantitative estimate of drug-likeness (QED) is 0.326. The number of nitrogens with zero attached hydrogens (tertiary/aromatic N) is 1. The van der Waals surface area contributed by atoms with E-state index >= 15 is 0 Å². The van der Waals surface area contributed by atoms with Gasteiger partial charge >= 0.3 is 6.41 Å². The molecule has 0 spiro atoms. The second-order valence-electron chi connectivity index (χ2n) is 6.15. The van der Waals surface area contributed by atoms with Crippen LogP contribution in [0.2, 0.25) is 0 Å². The molecule has 1 amide bonds. The molecule has 0 radical (unpaired) electrons. The number of rotatable bonds is 7. The molecule has 0 saturated carbocycles. The number of hydroxylamine groups is 3. The van der Waals surface area contributed by atoms with E-state index in [9.17, 15) is 4.79 Å². The van der Waals surface area contributed by atoms with Gasteiger partial charge in [-0.15, -0.1) is 4.65 Å². The molecule has 0 heterocycles. The topological polar surface area (TPSA) is 26.3 Å². The van der Waals surface area contributed by atoms with Crippen LogP contribution in [-0.4, -0.2) is 24.7 Å². The lowest BCUT2D eigenvalue weighted by atomic mass is 10.0. The average Bonchev–Trinajstić information content (AvgIpc) is 2.95. The molecule has 0 aliphatic heterocycles. The fraction of sp³-hybridized carbons (Fsp3) is 0.350. The zero-order valence-corrected chi connectivity index (χ0v) is 13.9. The van der Waals surface area contributed by atoms with Crippen LogP contribution in [0, 0.1) is 0 Å². The van der Waals surface area contributed by atoms with Crippen molar-refractivity contribution in [2.75, 3.05) is 13.7 Å². The number of hydrogen-bond donors (Lipinski definition) is 0. The van der Waals surface area contributed by atoms with Gasteiger partial charge in [0.05, 0.1) is 7.11 Å². The molecule has 1 aliphatic rings. The Labute approximate surface area is 138 Å². The number of quaternary nitrogens is 1. The Kier molecular flexibility index (Phi) is 4.60. The highest BCUT2D eigenvalue weighted by Gasteiger charge is 2.46. The Balaban J connectivity index is 2.11. The van der Waals surface area contributed by atoms with Gasteiger partial charge in [-0.3, -0.25) is 0 Å². The first-order valence-electron chi connectivity index (χ1n) is 8.35. The van der Waals surface area contributed by atoms with E-state index in [2.05, 4.69) is 43.3 Å². The summed E-state index contributed by atoms with van der Waals surface area (Å²) in [6, 6.07) is 16.6. The van der Waals surface area contributed by atoms with Crippen LogP contribution in [0.1, 0.15) is 43.4 Å². The van der Waals surface area contributed by atoms with Crippen molar-refractivity contribution in [1.29, 1.82) is 0 Å². The number of hydrogen-bond acceptors (Lipinski definition) is 2. The lowest BCUT2D eigenvalue weighted by Crippen LogP contribution is -2.49. The molecule has 0 bridgehead atoms. The van der Waals surface area contributed by atoms with Crippen LogP contribution in [0.25, 0.3) is 11.1 Å². The zero-order valence-electron chi connectivity index (χ0n) is 13.9.